The van der Waals surface area contributed by atoms with Crippen LogP contribution in [0.25, 0.3) is 0 Å². The molecule has 2 aromatic rings. The summed E-state index contributed by atoms with van der Waals surface area (Å²) in [5, 5.41) is 4.02. The second kappa shape index (κ2) is 10.9. The molecule has 0 aromatic heterocycles. The van der Waals surface area contributed by atoms with Gasteiger partial charge in [-0.2, -0.15) is 5.10 Å². The number of amides is 1. The largest absolute Gasteiger partial charge is 0.494 e. The molecule has 0 aliphatic heterocycles. The number of ether oxygens (including phenoxy) is 3. The molecule has 0 unspecified atom stereocenters. The van der Waals surface area contributed by atoms with E-state index in [4.69, 9.17) is 14.2 Å². The van der Waals surface area contributed by atoms with Crippen molar-refractivity contribution in [2.24, 2.45) is 5.10 Å². The molecule has 2 aromatic carbocycles. The van der Waals surface area contributed by atoms with E-state index >= 15 is 0 Å². The normalized spacial score (nSPS) is 10.6. The van der Waals surface area contributed by atoms with Crippen LogP contribution >= 0.6 is 0 Å². The maximum absolute atomic E-state index is 12.3. The highest BCUT2D eigenvalue weighted by Crippen LogP contribution is 2.28. The van der Waals surface area contributed by atoms with E-state index < -0.39 is 0 Å². The predicted molar refractivity (Wildman–Crippen MR) is 106 cm³/mol. The fourth-order valence-corrected chi connectivity index (χ4v) is 2.33. The van der Waals surface area contributed by atoms with Crippen molar-refractivity contribution in [1.29, 1.82) is 0 Å². The Hall–Kier alpha value is -3.02. The Balaban J connectivity index is 2.02. The van der Waals surface area contributed by atoms with E-state index in [1.165, 1.54) is 0 Å². The highest BCUT2D eigenvalue weighted by Gasteiger charge is 2.11. The molecule has 0 fully saturated rings. The van der Waals surface area contributed by atoms with Gasteiger partial charge in [-0.3, -0.25) is 4.79 Å². The van der Waals surface area contributed by atoms with Crippen LogP contribution in [0.15, 0.2) is 47.6 Å². The lowest BCUT2D eigenvalue weighted by Gasteiger charge is -2.11. The monoisotopic (exact) mass is 370 g/mol. The molecule has 0 heterocycles. The molecule has 27 heavy (non-hydrogen) atoms. The zero-order valence-electron chi connectivity index (χ0n) is 16.0. The molecular formula is C21H26N2O4. The van der Waals surface area contributed by atoms with Crippen LogP contribution in [0.2, 0.25) is 0 Å². The Labute approximate surface area is 160 Å². The van der Waals surface area contributed by atoms with Gasteiger partial charge in [-0.1, -0.05) is 19.1 Å². The highest BCUT2D eigenvalue weighted by atomic mass is 16.5. The quantitative estimate of drug-likeness (QED) is 0.506. The zero-order chi connectivity index (χ0) is 19.5. The number of nitrogens with one attached hydrogen (secondary N) is 1. The van der Waals surface area contributed by atoms with Crippen LogP contribution < -0.4 is 19.6 Å². The summed E-state index contributed by atoms with van der Waals surface area (Å²) in [4.78, 5) is 12.3. The Morgan fingerprint density at radius 1 is 1.00 bits per heavy atom. The second-order valence-corrected chi connectivity index (χ2v) is 5.65. The number of hydrazone groups is 1. The first-order valence-corrected chi connectivity index (χ1v) is 9.13. The lowest BCUT2D eigenvalue weighted by atomic mass is 10.2. The van der Waals surface area contributed by atoms with Crippen LogP contribution in [-0.2, 0) is 0 Å². The Morgan fingerprint density at radius 2 is 1.78 bits per heavy atom. The Kier molecular flexibility index (Phi) is 8.16. The highest BCUT2D eigenvalue weighted by molar-refractivity contribution is 5.95. The van der Waals surface area contributed by atoms with Gasteiger partial charge in [-0.25, -0.2) is 5.43 Å². The smallest absolute Gasteiger partial charge is 0.271 e. The maximum atomic E-state index is 12.3. The Bertz CT molecular complexity index is 775. The summed E-state index contributed by atoms with van der Waals surface area (Å²) in [5.74, 6) is 1.61. The molecule has 6 heteroatoms. The van der Waals surface area contributed by atoms with Crippen LogP contribution in [0.4, 0.5) is 0 Å². The molecule has 6 nitrogen and oxygen atoms in total. The van der Waals surface area contributed by atoms with Gasteiger partial charge in [0.1, 0.15) is 5.75 Å². The van der Waals surface area contributed by atoms with Gasteiger partial charge in [-0.15, -0.1) is 0 Å². The van der Waals surface area contributed by atoms with Gasteiger partial charge in [0.05, 0.1) is 26.0 Å². The van der Waals surface area contributed by atoms with E-state index in [1.54, 1.807) is 24.4 Å². The fraction of sp³-hybridized carbons (Fsp3) is 0.333. The van der Waals surface area contributed by atoms with Gasteiger partial charge in [0.25, 0.3) is 5.91 Å². The van der Waals surface area contributed by atoms with Crippen LogP contribution in [0.1, 0.15) is 43.1 Å². The molecule has 0 aliphatic carbocycles. The molecule has 0 saturated heterocycles. The average molecular weight is 370 g/mol. The van der Waals surface area contributed by atoms with E-state index in [-0.39, 0.29) is 5.91 Å². The van der Waals surface area contributed by atoms with E-state index in [1.807, 2.05) is 38.1 Å². The van der Waals surface area contributed by atoms with Crippen LogP contribution in [0.5, 0.6) is 17.2 Å². The SMILES string of the molecule is CCCOc1cccc(/C=N/NC(=O)c2ccc(OCC)c(OCC)c2)c1. The molecule has 1 amide bonds. The van der Waals surface area contributed by atoms with Crippen molar-refractivity contribution < 1.29 is 19.0 Å². The molecule has 0 saturated carbocycles. The molecule has 144 valence electrons. The molecule has 0 spiro atoms. The fourth-order valence-electron chi connectivity index (χ4n) is 2.33. The molecule has 0 aliphatic rings. The van der Waals surface area contributed by atoms with Gasteiger partial charge in [-0.05, 0) is 56.2 Å². The first kappa shape index (κ1) is 20.3. The molecule has 0 radical (unpaired) electrons. The topological polar surface area (TPSA) is 69.2 Å². The van der Waals surface area contributed by atoms with E-state index in [2.05, 4.69) is 17.5 Å². The number of carbonyl (C=O) groups is 1. The number of nitrogens with zero attached hydrogens (tertiary/aromatic N) is 1. The number of carbonyl (C=O) groups excluding carboxylic acids is 1. The van der Waals surface area contributed by atoms with Gasteiger partial charge < -0.3 is 14.2 Å². The van der Waals surface area contributed by atoms with Gasteiger partial charge >= 0.3 is 0 Å². The van der Waals surface area contributed by atoms with Crippen LogP contribution in [0, 0.1) is 0 Å². The minimum absolute atomic E-state index is 0.325. The van der Waals surface area contributed by atoms with E-state index in [0.717, 1.165) is 17.7 Å². The maximum Gasteiger partial charge on any atom is 0.271 e. The number of benzene rings is 2. The number of hydrogen-bond donors (Lipinski definition) is 1. The van der Waals surface area contributed by atoms with Gasteiger partial charge in [0, 0.05) is 5.56 Å². The van der Waals surface area contributed by atoms with Crippen molar-refractivity contribution in [2.45, 2.75) is 27.2 Å². The summed E-state index contributed by atoms with van der Waals surface area (Å²) in [6, 6.07) is 12.6. The summed E-state index contributed by atoms with van der Waals surface area (Å²) < 4.78 is 16.6. The molecule has 1 N–H and O–H groups in total. The first-order chi connectivity index (χ1) is 13.2. The summed E-state index contributed by atoms with van der Waals surface area (Å²) in [6.07, 6.45) is 2.52. The minimum atomic E-state index is -0.325. The van der Waals surface area contributed by atoms with E-state index in [9.17, 15) is 4.79 Å². The van der Waals surface area contributed by atoms with E-state index in [0.29, 0.717) is 36.9 Å². The predicted octanol–water partition coefficient (Wildman–Crippen LogP) is 4.04. The summed E-state index contributed by atoms with van der Waals surface area (Å²) >= 11 is 0. The number of rotatable bonds is 10. The zero-order valence-corrected chi connectivity index (χ0v) is 16.0. The minimum Gasteiger partial charge on any atom is -0.494 e. The standard InChI is InChI=1S/C21H26N2O4/c1-4-12-27-18-9-7-8-16(13-18)15-22-23-21(24)17-10-11-19(25-5-2)20(14-17)26-6-3/h7-11,13-15H,4-6,12H2,1-3H3,(H,23,24)/b22-15+. The van der Waals surface area contributed by atoms with Crippen molar-refractivity contribution in [3.8, 4) is 17.2 Å². The van der Waals surface area contributed by atoms with Gasteiger partial charge in [0.15, 0.2) is 11.5 Å². The summed E-state index contributed by atoms with van der Waals surface area (Å²) in [6.45, 7) is 7.51. The van der Waals surface area contributed by atoms with Crippen molar-refractivity contribution in [3.05, 3.63) is 53.6 Å². The lowest BCUT2D eigenvalue weighted by Crippen LogP contribution is -2.17. The first-order valence-electron chi connectivity index (χ1n) is 9.13. The van der Waals surface area contributed by atoms with Crippen molar-refractivity contribution in [3.63, 3.8) is 0 Å². The summed E-state index contributed by atoms with van der Waals surface area (Å²) in [7, 11) is 0. The number of hydrogen-bond acceptors (Lipinski definition) is 5. The average Bonchev–Trinajstić information content (AvgIpc) is 2.68. The molecular weight excluding hydrogens is 344 g/mol. The molecule has 0 atom stereocenters. The summed E-state index contributed by atoms with van der Waals surface area (Å²) in [5.41, 5.74) is 3.81. The molecule has 2 rings (SSSR count). The van der Waals surface area contributed by atoms with Crippen LogP contribution in [-0.4, -0.2) is 31.9 Å². The Morgan fingerprint density at radius 3 is 2.52 bits per heavy atom. The van der Waals surface area contributed by atoms with Crippen LogP contribution in [0.3, 0.4) is 0 Å². The molecule has 0 bridgehead atoms. The van der Waals surface area contributed by atoms with Crippen molar-refractivity contribution in [1.82, 2.24) is 5.43 Å². The van der Waals surface area contributed by atoms with Crippen molar-refractivity contribution in [2.75, 3.05) is 19.8 Å². The second-order valence-electron chi connectivity index (χ2n) is 5.65. The third kappa shape index (κ3) is 6.33. The van der Waals surface area contributed by atoms with Crippen molar-refractivity contribution >= 4 is 12.1 Å². The van der Waals surface area contributed by atoms with Gasteiger partial charge in [0.2, 0.25) is 0 Å². The third-order valence-corrected chi connectivity index (χ3v) is 3.52. The lowest BCUT2D eigenvalue weighted by molar-refractivity contribution is 0.0954. The third-order valence-electron chi connectivity index (χ3n) is 3.52.